The van der Waals surface area contributed by atoms with Crippen LogP contribution in [0.15, 0.2) is 12.4 Å². The van der Waals surface area contributed by atoms with E-state index in [1.807, 2.05) is 0 Å². The smallest absolute Gasteiger partial charge is 0.146 e. The maximum absolute atomic E-state index is 9.55. The lowest BCUT2D eigenvalue weighted by molar-refractivity contribution is 0.0694. The van der Waals surface area contributed by atoms with Crippen LogP contribution in [0.1, 0.15) is 5.69 Å². The number of rotatable bonds is 6. The van der Waals surface area contributed by atoms with Crippen molar-refractivity contribution in [2.45, 2.75) is 6.10 Å². The molecule has 94 valence electrons. The molecule has 1 aromatic rings. The van der Waals surface area contributed by atoms with Crippen LogP contribution in [0.2, 0.25) is 0 Å². The summed E-state index contributed by atoms with van der Waals surface area (Å²) in [7, 11) is 3.32. The highest BCUT2D eigenvalue weighted by molar-refractivity contribution is 5.92. The second-order valence-corrected chi connectivity index (χ2v) is 3.66. The number of hydrogen-bond acceptors (Lipinski definition) is 6. The van der Waals surface area contributed by atoms with Crippen LogP contribution in [-0.4, -0.2) is 54.3 Å². The Balaban J connectivity index is 2.63. The second-order valence-electron chi connectivity index (χ2n) is 3.66. The quantitative estimate of drug-likeness (QED) is 0.443. The minimum absolute atomic E-state index is 0.119. The van der Waals surface area contributed by atoms with Crippen molar-refractivity contribution in [3.05, 3.63) is 18.1 Å². The minimum Gasteiger partial charge on any atom is -0.389 e. The molecule has 0 bridgehead atoms. The number of aliphatic hydroxyl groups is 1. The lowest BCUT2D eigenvalue weighted by Gasteiger charge is -2.20. The van der Waals surface area contributed by atoms with Crippen molar-refractivity contribution in [2.24, 2.45) is 5.73 Å². The highest BCUT2D eigenvalue weighted by Gasteiger charge is 2.10. The summed E-state index contributed by atoms with van der Waals surface area (Å²) in [5.74, 6) is 0.483. The Morgan fingerprint density at radius 1 is 1.59 bits per heavy atom. The summed E-state index contributed by atoms with van der Waals surface area (Å²) in [5, 5.41) is 16.7. The average molecular weight is 239 g/mol. The van der Waals surface area contributed by atoms with Crippen LogP contribution in [0, 0.1) is 5.41 Å². The van der Waals surface area contributed by atoms with Crippen LogP contribution in [0.25, 0.3) is 0 Å². The zero-order chi connectivity index (χ0) is 12.8. The fourth-order valence-corrected chi connectivity index (χ4v) is 1.31. The summed E-state index contributed by atoms with van der Waals surface area (Å²) in [6.45, 7) is 0.658. The summed E-state index contributed by atoms with van der Waals surface area (Å²) in [6, 6.07) is 0. The molecule has 0 aromatic carbocycles. The van der Waals surface area contributed by atoms with E-state index in [0.29, 0.717) is 18.1 Å². The van der Waals surface area contributed by atoms with Gasteiger partial charge in [-0.15, -0.1) is 0 Å². The Morgan fingerprint density at radius 2 is 2.29 bits per heavy atom. The third kappa shape index (κ3) is 3.97. The van der Waals surface area contributed by atoms with Gasteiger partial charge in [-0.25, -0.2) is 9.97 Å². The van der Waals surface area contributed by atoms with Crippen molar-refractivity contribution in [3.8, 4) is 0 Å². The molecule has 0 spiro atoms. The first-order valence-electron chi connectivity index (χ1n) is 5.09. The molecule has 1 aromatic heterocycles. The summed E-state index contributed by atoms with van der Waals surface area (Å²) in [5.41, 5.74) is 5.60. The number of likely N-dealkylation sites (N-methyl/N-ethyl adjacent to an activating group) is 1. The van der Waals surface area contributed by atoms with Gasteiger partial charge in [-0.1, -0.05) is 0 Å². The molecule has 0 radical (unpaired) electrons. The number of hydrogen-bond donors (Lipinski definition) is 3. The highest BCUT2D eigenvalue weighted by atomic mass is 16.5. The molecule has 0 aliphatic heterocycles. The molecule has 4 N–H and O–H groups in total. The van der Waals surface area contributed by atoms with Gasteiger partial charge in [0.1, 0.15) is 17.3 Å². The van der Waals surface area contributed by atoms with Crippen LogP contribution >= 0.6 is 0 Å². The van der Waals surface area contributed by atoms with E-state index in [9.17, 15) is 5.11 Å². The molecule has 0 aliphatic rings. The fourth-order valence-electron chi connectivity index (χ4n) is 1.31. The first kappa shape index (κ1) is 13.3. The van der Waals surface area contributed by atoms with E-state index in [-0.39, 0.29) is 12.4 Å². The van der Waals surface area contributed by atoms with Gasteiger partial charge in [0.05, 0.1) is 25.1 Å². The van der Waals surface area contributed by atoms with Crippen LogP contribution in [-0.2, 0) is 4.74 Å². The average Bonchev–Trinajstić information content (AvgIpc) is 2.29. The Kier molecular flexibility index (Phi) is 4.80. The number of aliphatic hydroxyl groups excluding tert-OH is 1. The van der Waals surface area contributed by atoms with E-state index in [1.165, 1.54) is 19.5 Å². The maximum atomic E-state index is 9.55. The molecule has 1 rings (SSSR count). The number of nitrogens with two attached hydrogens (primary N) is 1. The lowest BCUT2D eigenvalue weighted by atomic mass is 10.3. The van der Waals surface area contributed by atoms with Crippen molar-refractivity contribution >= 4 is 11.7 Å². The van der Waals surface area contributed by atoms with Gasteiger partial charge < -0.3 is 20.5 Å². The molecular formula is C10H17N5O2. The lowest BCUT2D eigenvalue weighted by Crippen LogP contribution is -2.32. The standard InChI is InChI=1S/C10H17N5O2/c1-15(5-7(16)6-17-2)9-4-13-8(3-14-9)10(11)12/h3-4,7,16H,5-6H2,1-2H3,(H3,11,12). The van der Waals surface area contributed by atoms with Crippen LogP contribution < -0.4 is 10.6 Å². The van der Waals surface area contributed by atoms with Crippen LogP contribution in [0.4, 0.5) is 5.82 Å². The summed E-state index contributed by atoms with van der Waals surface area (Å²) >= 11 is 0. The zero-order valence-electron chi connectivity index (χ0n) is 9.92. The molecular weight excluding hydrogens is 222 g/mol. The molecule has 0 amide bonds. The van der Waals surface area contributed by atoms with Gasteiger partial charge in [0.15, 0.2) is 0 Å². The van der Waals surface area contributed by atoms with Gasteiger partial charge >= 0.3 is 0 Å². The summed E-state index contributed by atoms with van der Waals surface area (Å²) < 4.78 is 4.83. The minimum atomic E-state index is -0.584. The molecule has 17 heavy (non-hydrogen) atoms. The number of amidine groups is 1. The first-order chi connectivity index (χ1) is 8.04. The van der Waals surface area contributed by atoms with E-state index in [0.717, 1.165) is 0 Å². The van der Waals surface area contributed by atoms with Gasteiger partial charge in [0, 0.05) is 20.7 Å². The third-order valence-electron chi connectivity index (χ3n) is 2.15. The van der Waals surface area contributed by atoms with Gasteiger partial charge in [0.25, 0.3) is 0 Å². The highest BCUT2D eigenvalue weighted by Crippen LogP contribution is 2.07. The number of aromatic nitrogens is 2. The molecule has 0 saturated heterocycles. The molecule has 0 aliphatic carbocycles. The van der Waals surface area contributed by atoms with Gasteiger partial charge in [-0.3, -0.25) is 5.41 Å². The van der Waals surface area contributed by atoms with Crippen LogP contribution in [0.5, 0.6) is 0 Å². The maximum Gasteiger partial charge on any atom is 0.146 e. The predicted octanol–water partition coefficient (Wildman–Crippen LogP) is -0.796. The van der Waals surface area contributed by atoms with E-state index in [2.05, 4.69) is 9.97 Å². The molecule has 0 fully saturated rings. The van der Waals surface area contributed by atoms with Crippen molar-refractivity contribution < 1.29 is 9.84 Å². The summed E-state index contributed by atoms with van der Waals surface area (Å²) in [6.07, 6.45) is 2.35. The number of nitrogens with zero attached hydrogens (tertiary/aromatic N) is 3. The van der Waals surface area contributed by atoms with Crippen molar-refractivity contribution in [1.82, 2.24) is 9.97 Å². The SMILES string of the molecule is COCC(O)CN(C)c1cnc(C(=N)N)cn1. The van der Waals surface area contributed by atoms with E-state index in [1.54, 1.807) is 11.9 Å². The molecule has 7 heteroatoms. The second kappa shape index (κ2) is 6.12. The summed E-state index contributed by atoms with van der Waals surface area (Å²) in [4.78, 5) is 9.84. The van der Waals surface area contributed by atoms with Gasteiger partial charge in [-0.05, 0) is 0 Å². The number of methoxy groups -OCH3 is 1. The monoisotopic (exact) mass is 239 g/mol. The van der Waals surface area contributed by atoms with E-state index < -0.39 is 6.10 Å². The van der Waals surface area contributed by atoms with E-state index >= 15 is 0 Å². The third-order valence-corrected chi connectivity index (χ3v) is 2.15. The molecule has 1 heterocycles. The molecule has 1 unspecified atom stereocenters. The largest absolute Gasteiger partial charge is 0.389 e. The molecule has 1 atom stereocenters. The number of anilines is 1. The number of nitrogens with one attached hydrogen (secondary N) is 1. The van der Waals surface area contributed by atoms with Crippen molar-refractivity contribution in [1.29, 1.82) is 5.41 Å². The van der Waals surface area contributed by atoms with Gasteiger partial charge in [-0.2, -0.15) is 0 Å². The van der Waals surface area contributed by atoms with Crippen molar-refractivity contribution in [3.63, 3.8) is 0 Å². The molecule has 7 nitrogen and oxygen atoms in total. The number of ether oxygens (including phenoxy) is 1. The van der Waals surface area contributed by atoms with Crippen molar-refractivity contribution in [2.75, 3.05) is 32.2 Å². The Morgan fingerprint density at radius 3 is 2.76 bits per heavy atom. The van der Waals surface area contributed by atoms with Crippen LogP contribution in [0.3, 0.4) is 0 Å². The first-order valence-corrected chi connectivity index (χ1v) is 5.09. The number of nitrogen functional groups attached to an aromatic ring is 1. The Hall–Kier alpha value is -1.73. The fraction of sp³-hybridized carbons (Fsp3) is 0.500. The van der Waals surface area contributed by atoms with Gasteiger partial charge in [0.2, 0.25) is 0 Å². The Labute approximate surface area is 99.8 Å². The molecule has 0 saturated carbocycles. The zero-order valence-corrected chi connectivity index (χ0v) is 9.92. The predicted molar refractivity (Wildman–Crippen MR) is 64.2 cm³/mol. The normalized spacial score (nSPS) is 12.2. The topological polar surface area (TPSA) is 108 Å². The Bertz CT molecular complexity index is 367. The van der Waals surface area contributed by atoms with E-state index in [4.69, 9.17) is 15.9 Å².